The van der Waals surface area contributed by atoms with E-state index in [0.29, 0.717) is 12.3 Å². The van der Waals surface area contributed by atoms with Gasteiger partial charge in [-0.05, 0) is 44.6 Å². The highest BCUT2D eigenvalue weighted by Gasteiger charge is 2.41. The van der Waals surface area contributed by atoms with Crippen LogP contribution in [0.4, 0.5) is 0 Å². The van der Waals surface area contributed by atoms with Crippen molar-refractivity contribution in [2.24, 2.45) is 5.92 Å². The molecule has 0 spiro atoms. The summed E-state index contributed by atoms with van der Waals surface area (Å²) in [6, 6.07) is 0. The zero-order valence-corrected chi connectivity index (χ0v) is 12.8. The van der Waals surface area contributed by atoms with Crippen LogP contribution in [-0.2, 0) is 10.0 Å². The lowest BCUT2D eigenvalue weighted by atomic mass is 9.74. The van der Waals surface area contributed by atoms with Crippen LogP contribution in [0.25, 0.3) is 0 Å². The monoisotopic (exact) mass is 275 g/mol. The first kappa shape index (κ1) is 15.7. The molecule has 106 valence electrons. The van der Waals surface area contributed by atoms with Gasteiger partial charge in [-0.1, -0.05) is 12.5 Å². The number of sulfonamides is 1. The largest absolute Gasteiger partial charge is 0.384 e. The van der Waals surface area contributed by atoms with E-state index >= 15 is 0 Å². The smallest absolute Gasteiger partial charge is 0.216 e. The summed E-state index contributed by atoms with van der Waals surface area (Å²) in [7, 11) is -0.383. The van der Waals surface area contributed by atoms with Gasteiger partial charge in [0.05, 0.1) is 5.75 Å². The van der Waals surface area contributed by atoms with Gasteiger partial charge < -0.3 is 5.11 Å². The molecular weight excluding hydrogens is 250 g/mol. The van der Waals surface area contributed by atoms with E-state index in [2.05, 4.69) is 6.92 Å². The molecule has 0 unspecified atom stereocenters. The van der Waals surface area contributed by atoms with E-state index in [1.807, 2.05) is 13.8 Å². The number of allylic oxidation sites excluding steroid dienone is 1. The van der Waals surface area contributed by atoms with Gasteiger partial charge in [0.2, 0.25) is 10.0 Å². The van der Waals surface area contributed by atoms with Crippen molar-refractivity contribution >= 4 is 10.0 Å². The van der Waals surface area contributed by atoms with E-state index < -0.39 is 15.6 Å². The second-order valence-electron chi connectivity index (χ2n) is 5.90. The number of rotatable bonds is 3. The Morgan fingerprint density at radius 2 is 2.00 bits per heavy atom. The zero-order valence-electron chi connectivity index (χ0n) is 12.0. The highest BCUT2D eigenvalue weighted by atomic mass is 32.2. The molecule has 0 aliphatic heterocycles. The second-order valence-corrected chi connectivity index (χ2v) is 8.08. The van der Waals surface area contributed by atoms with E-state index in [1.54, 1.807) is 0 Å². The normalized spacial score (nSPS) is 29.7. The fourth-order valence-corrected chi connectivity index (χ4v) is 3.87. The van der Waals surface area contributed by atoms with Crippen LogP contribution in [0.2, 0.25) is 0 Å². The number of hydrogen-bond acceptors (Lipinski definition) is 3. The van der Waals surface area contributed by atoms with Crippen molar-refractivity contribution in [2.45, 2.75) is 45.6 Å². The summed E-state index contributed by atoms with van der Waals surface area (Å²) < 4.78 is 25.2. The lowest BCUT2D eigenvalue weighted by Crippen LogP contribution is -2.46. The Kier molecular flexibility index (Phi) is 4.62. The third kappa shape index (κ3) is 3.33. The molecule has 1 rings (SSSR count). The van der Waals surface area contributed by atoms with Crippen molar-refractivity contribution in [3.05, 3.63) is 11.1 Å². The van der Waals surface area contributed by atoms with Gasteiger partial charge in [0.25, 0.3) is 0 Å². The third-order valence-electron chi connectivity index (χ3n) is 3.72. The van der Waals surface area contributed by atoms with Crippen LogP contribution in [-0.4, -0.2) is 43.3 Å². The average molecular weight is 275 g/mol. The van der Waals surface area contributed by atoms with Gasteiger partial charge in [-0.2, -0.15) is 0 Å². The topological polar surface area (TPSA) is 57.6 Å². The molecule has 0 radical (unpaired) electrons. The molecule has 0 saturated heterocycles. The fourth-order valence-electron chi connectivity index (χ4n) is 2.72. The third-order valence-corrected chi connectivity index (χ3v) is 5.67. The fraction of sp³-hybridized carbons (Fsp3) is 0.846. The summed E-state index contributed by atoms with van der Waals surface area (Å²) in [4.78, 5) is 0. The maximum Gasteiger partial charge on any atom is 0.216 e. The van der Waals surface area contributed by atoms with Crippen LogP contribution in [0.15, 0.2) is 11.1 Å². The van der Waals surface area contributed by atoms with Crippen LogP contribution < -0.4 is 0 Å². The maximum atomic E-state index is 12.0. The van der Waals surface area contributed by atoms with Crippen molar-refractivity contribution in [1.29, 1.82) is 0 Å². The lowest BCUT2D eigenvalue weighted by molar-refractivity contribution is 0.0532. The molecule has 0 aromatic rings. The van der Waals surface area contributed by atoms with E-state index in [9.17, 15) is 13.5 Å². The standard InChI is InChI=1S/C13H25NO3S/c1-10(2)12-7-6-11(3)8-13(12,15)9-18(16,17)14(4)5/h11,15H,6-9H2,1-5H3/t11-,13+/m1/s1. The van der Waals surface area contributed by atoms with Crippen LogP contribution >= 0.6 is 0 Å². The average Bonchev–Trinajstić information content (AvgIpc) is 2.14. The Bertz CT molecular complexity index is 435. The zero-order chi connectivity index (χ0) is 14.1. The molecule has 0 amide bonds. The minimum Gasteiger partial charge on any atom is -0.384 e. The Labute approximate surface area is 111 Å². The molecule has 2 atom stereocenters. The van der Waals surface area contributed by atoms with Crippen molar-refractivity contribution in [1.82, 2.24) is 4.31 Å². The van der Waals surface area contributed by atoms with Crippen LogP contribution in [0, 0.1) is 5.92 Å². The highest BCUT2D eigenvalue weighted by molar-refractivity contribution is 7.89. The molecule has 1 aliphatic rings. The first-order chi connectivity index (χ1) is 8.08. The Morgan fingerprint density at radius 3 is 2.44 bits per heavy atom. The molecule has 0 heterocycles. The molecule has 1 saturated carbocycles. The van der Waals surface area contributed by atoms with Crippen LogP contribution in [0.1, 0.15) is 40.0 Å². The first-order valence-corrected chi connectivity index (χ1v) is 7.99. The van der Waals surface area contributed by atoms with E-state index in [-0.39, 0.29) is 5.75 Å². The summed E-state index contributed by atoms with van der Waals surface area (Å²) in [5.74, 6) is 0.146. The molecule has 4 nitrogen and oxygen atoms in total. The maximum absolute atomic E-state index is 12.0. The van der Waals surface area contributed by atoms with Crippen LogP contribution in [0.3, 0.4) is 0 Å². The Balaban J connectivity index is 3.10. The van der Waals surface area contributed by atoms with Crippen LogP contribution in [0.5, 0.6) is 0 Å². The predicted molar refractivity (Wildman–Crippen MR) is 73.8 cm³/mol. The molecule has 18 heavy (non-hydrogen) atoms. The van der Waals surface area contributed by atoms with Gasteiger partial charge in [-0.15, -0.1) is 0 Å². The SMILES string of the molecule is CC(C)=C1CC[C@@H](C)C[C@]1(O)CS(=O)(=O)N(C)C. The van der Waals surface area contributed by atoms with Gasteiger partial charge in [0.1, 0.15) is 5.60 Å². The molecule has 0 aromatic heterocycles. The first-order valence-electron chi connectivity index (χ1n) is 6.38. The number of hydrogen-bond donors (Lipinski definition) is 1. The van der Waals surface area contributed by atoms with Crippen molar-refractivity contribution in [3.63, 3.8) is 0 Å². The van der Waals surface area contributed by atoms with E-state index in [1.165, 1.54) is 18.4 Å². The van der Waals surface area contributed by atoms with Crippen molar-refractivity contribution in [2.75, 3.05) is 19.8 Å². The summed E-state index contributed by atoms with van der Waals surface area (Å²) in [6.07, 6.45) is 2.34. The van der Waals surface area contributed by atoms with Gasteiger partial charge in [0.15, 0.2) is 0 Å². The summed E-state index contributed by atoms with van der Waals surface area (Å²) in [6.45, 7) is 5.95. The van der Waals surface area contributed by atoms with Crippen molar-refractivity contribution in [3.8, 4) is 0 Å². The van der Waals surface area contributed by atoms with E-state index in [0.717, 1.165) is 24.0 Å². The second kappa shape index (κ2) is 5.31. The quantitative estimate of drug-likeness (QED) is 0.799. The molecular formula is C13H25NO3S. The summed E-state index contributed by atoms with van der Waals surface area (Å²) >= 11 is 0. The van der Waals surface area contributed by atoms with Gasteiger partial charge >= 0.3 is 0 Å². The molecule has 1 aliphatic carbocycles. The molecule has 0 aromatic carbocycles. The Morgan fingerprint density at radius 1 is 1.44 bits per heavy atom. The Hall–Kier alpha value is -0.390. The number of nitrogens with zero attached hydrogens (tertiary/aromatic N) is 1. The van der Waals surface area contributed by atoms with Gasteiger partial charge in [0, 0.05) is 14.1 Å². The molecule has 1 N–H and O–H groups in total. The molecule has 5 heteroatoms. The molecule has 0 bridgehead atoms. The predicted octanol–water partition coefficient (Wildman–Crippen LogP) is 1.77. The summed E-state index contributed by atoms with van der Waals surface area (Å²) in [5.41, 5.74) is 0.754. The highest BCUT2D eigenvalue weighted by Crippen LogP contribution is 2.39. The minimum absolute atomic E-state index is 0.210. The summed E-state index contributed by atoms with van der Waals surface area (Å²) in [5, 5.41) is 10.8. The van der Waals surface area contributed by atoms with E-state index in [4.69, 9.17) is 0 Å². The van der Waals surface area contributed by atoms with Gasteiger partial charge in [-0.3, -0.25) is 0 Å². The lowest BCUT2D eigenvalue weighted by Gasteiger charge is -2.39. The van der Waals surface area contributed by atoms with Gasteiger partial charge in [-0.25, -0.2) is 12.7 Å². The minimum atomic E-state index is -3.40. The molecule has 1 fully saturated rings. The van der Waals surface area contributed by atoms with Crippen molar-refractivity contribution < 1.29 is 13.5 Å². The number of aliphatic hydroxyl groups is 1.